The van der Waals surface area contributed by atoms with E-state index in [-0.39, 0.29) is 17.8 Å². The van der Waals surface area contributed by atoms with Crippen molar-refractivity contribution in [2.45, 2.75) is 37.9 Å². The number of rotatable bonds is 2. The number of nitrogens with one attached hydrogen (secondary N) is 2. The highest BCUT2D eigenvalue weighted by Crippen LogP contribution is 2.29. The van der Waals surface area contributed by atoms with Crippen LogP contribution < -0.4 is 22.3 Å². The number of hydrazine groups is 1. The van der Waals surface area contributed by atoms with Gasteiger partial charge < -0.3 is 10.6 Å². The van der Waals surface area contributed by atoms with Gasteiger partial charge in [0.25, 0.3) is 0 Å². The van der Waals surface area contributed by atoms with Gasteiger partial charge in [0, 0.05) is 36.5 Å². The lowest BCUT2D eigenvalue weighted by Crippen LogP contribution is -2.50. The Morgan fingerprint density at radius 2 is 2.17 bits per heavy atom. The van der Waals surface area contributed by atoms with Crippen LogP contribution in [0.5, 0.6) is 0 Å². The quantitative estimate of drug-likeness (QED) is 0.569. The van der Waals surface area contributed by atoms with Crippen LogP contribution in [0.2, 0.25) is 0 Å². The second-order valence-electron chi connectivity index (χ2n) is 6.82. The van der Waals surface area contributed by atoms with Gasteiger partial charge in [-0.2, -0.15) is 5.43 Å². The molecule has 6 N–H and O–H groups in total. The number of amides is 1. The zero-order valence-corrected chi connectivity index (χ0v) is 13.6. The molecule has 128 valence electrons. The van der Waals surface area contributed by atoms with Crippen LogP contribution in [0.3, 0.4) is 0 Å². The molecular formula is C16H23N7O. The molecule has 1 aliphatic carbocycles. The van der Waals surface area contributed by atoms with Gasteiger partial charge in [0.15, 0.2) is 0 Å². The maximum atomic E-state index is 12.7. The molecule has 8 heteroatoms. The van der Waals surface area contributed by atoms with Crippen LogP contribution in [0.4, 0.5) is 0 Å². The highest BCUT2D eigenvalue weighted by Gasteiger charge is 2.34. The molecule has 1 aromatic rings. The Hall–Kier alpha value is -2.19. The number of carbonyl (C=O) groups excluding carboxylic acids is 1. The fraction of sp³-hybridized carbons (Fsp3) is 0.562. The smallest absolute Gasteiger partial charge is 0.226 e. The molecule has 0 spiro atoms. The lowest BCUT2D eigenvalue weighted by Gasteiger charge is -2.28. The first-order valence-electron chi connectivity index (χ1n) is 8.49. The minimum atomic E-state index is -1.11. The molecule has 0 aromatic carbocycles. The predicted octanol–water partition coefficient (Wildman–Crippen LogP) is -0.700. The van der Waals surface area contributed by atoms with Gasteiger partial charge in [-0.1, -0.05) is 0 Å². The Bertz CT molecular complexity index is 698. The van der Waals surface area contributed by atoms with Gasteiger partial charge in [-0.3, -0.25) is 20.9 Å². The molecule has 2 aliphatic heterocycles. The Morgan fingerprint density at radius 1 is 1.38 bits per heavy atom. The fourth-order valence-corrected chi connectivity index (χ4v) is 3.78. The van der Waals surface area contributed by atoms with Gasteiger partial charge in [0.05, 0.1) is 0 Å². The number of nitrogens with zero attached hydrogens (tertiary/aromatic N) is 3. The Balaban J connectivity index is 1.56. The van der Waals surface area contributed by atoms with E-state index in [2.05, 4.69) is 20.8 Å². The van der Waals surface area contributed by atoms with E-state index in [1.54, 1.807) is 6.20 Å². The summed E-state index contributed by atoms with van der Waals surface area (Å²) in [5.74, 6) is -0.534. The molecular weight excluding hydrogens is 306 g/mol. The zero-order valence-electron chi connectivity index (χ0n) is 13.6. The number of aryl methyl sites for hydroxylation is 1. The third kappa shape index (κ3) is 2.61. The molecule has 1 amide bonds. The lowest BCUT2D eigenvalue weighted by molar-refractivity contribution is -0.134. The number of likely N-dealkylation sites (tertiary alicyclic amines) is 1. The topological polar surface area (TPSA) is 122 Å². The third-order valence-electron chi connectivity index (χ3n) is 5.14. The van der Waals surface area contributed by atoms with Gasteiger partial charge in [-0.15, -0.1) is 0 Å². The summed E-state index contributed by atoms with van der Waals surface area (Å²) in [6.45, 7) is 1.80. The van der Waals surface area contributed by atoms with Crippen molar-refractivity contribution in [1.29, 1.82) is 0 Å². The third-order valence-corrected chi connectivity index (χ3v) is 5.14. The summed E-state index contributed by atoms with van der Waals surface area (Å²) in [4.78, 5) is 23.4. The van der Waals surface area contributed by atoms with Crippen molar-refractivity contribution in [1.82, 2.24) is 20.7 Å². The first-order valence-corrected chi connectivity index (χ1v) is 8.49. The van der Waals surface area contributed by atoms with E-state index in [1.807, 2.05) is 11.0 Å². The van der Waals surface area contributed by atoms with Crippen LogP contribution >= 0.6 is 0 Å². The Kier molecular flexibility index (Phi) is 3.65. The maximum Gasteiger partial charge on any atom is 0.226 e. The van der Waals surface area contributed by atoms with E-state index in [0.717, 1.165) is 55.6 Å². The predicted molar refractivity (Wildman–Crippen MR) is 89.3 cm³/mol. The second kappa shape index (κ2) is 5.71. The summed E-state index contributed by atoms with van der Waals surface area (Å²) in [5, 5.41) is 0. The lowest BCUT2D eigenvalue weighted by atomic mass is 9.85. The van der Waals surface area contributed by atoms with Crippen LogP contribution in [-0.4, -0.2) is 34.8 Å². The number of nitrogens with two attached hydrogens (primary N) is 2. The van der Waals surface area contributed by atoms with Crippen LogP contribution in [0.25, 0.3) is 0 Å². The van der Waals surface area contributed by atoms with E-state index in [0.29, 0.717) is 6.42 Å². The van der Waals surface area contributed by atoms with E-state index < -0.39 is 5.79 Å². The minimum Gasteiger partial charge on any atom is -0.369 e. The summed E-state index contributed by atoms with van der Waals surface area (Å²) in [6.07, 6.45) is 6.39. The molecule has 1 aromatic heterocycles. The average Bonchev–Trinajstić information content (AvgIpc) is 3.24. The number of hydrogen-bond acceptors (Lipinski definition) is 7. The Morgan fingerprint density at radius 3 is 2.88 bits per heavy atom. The van der Waals surface area contributed by atoms with Crippen molar-refractivity contribution in [2.75, 3.05) is 13.1 Å². The van der Waals surface area contributed by atoms with E-state index in [4.69, 9.17) is 11.5 Å². The summed E-state index contributed by atoms with van der Waals surface area (Å²) in [6, 6.07) is 2.00. The normalized spacial score (nSPS) is 29.1. The second-order valence-corrected chi connectivity index (χ2v) is 6.82. The molecule has 1 saturated heterocycles. The molecule has 4 rings (SSSR count). The van der Waals surface area contributed by atoms with Crippen molar-refractivity contribution in [3.63, 3.8) is 0 Å². The SMILES string of the molecule is NC1=NC(N)(c2cnc3c(c2)CC(C(=O)N2CCCC2)CC3)NN1. The highest BCUT2D eigenvalue weighted by molar-refractivity contribution is 5.80. The number of carbonyl (C=O) groups is 1. The van der Waals surface area contributed by atoms with Crippen molar-refractivity contribution in [2.24, 2.45) is 22.4 Å². The number of hydrogen-bond donors (Lipinski definition) is 4. The number of pyridine rings is 1. The molecule has 0 saturated carbocycles. The van der Waals surface area contributed by atoms with Crippen LogP contribution in [0, 0.1) is 5.92 Å². The van der Waals surface area contributed by atoms with Gasteiger partial charge in [-0.05, 0) is 43.7 Å². The fourth-order valence-electron chi connectivity index (χ4n) is 3.78. The maximum absolute atomic E-state index is 12.7. The zero-order chi connectivity index (χ0) is 16.7. The number of guanidine groups is 1. The van der Waals surface area contributed by atoms with E-state index in [9.17, 15) is 4.79 Å². The van der Waals surface area contributed by atoms with Crippen molar-refractivity contribution >= 4 is 11.9 Å². The Labute approximate surface area is 140 Å². The molecule has 0 bridgehead atoms. The van der Waals surface area contributed by atoms with Gasteiger partial charge in [0.2, 0.25) is 17.7 Å². The monoisotopic (exact) mass is 329 g/mol. The van der Waals surface area contributed by atoms with E-state index >= 15 is 0 Å². The van der Waals surface area contributed by atoms with E-state index in [1.165, 1.54) is 0 Å². The number of fused-ring (bicyclic) bond motifs is 1. The largest absolute Gasteiger partial charge is 0.369 e. The van der Waals surface area contributed by atoms with Gasteiger partial charge in [-0.25, -0.2) is 4.99 Å². The van der Waals surface area contributed by atoms with Crippen LogP contribution in [0.15, 0.2) is 17.3 Å². The summed E-state index contributed by atoms with van der Waals surface area (Å²) in [7, 11) is 0. The average molecular weight is 329 g/mol. The molecule has 8 nitrogen and oxygen atoms in total. The first kappa shape index (κ1) is 15.3. The van der Waals surface area contributed by atoms with Crippen molar-refractivity contribution < 1.29 is 4.79 Å². The molecule has 3 heterocycles. The van der Waals surface area contributed by atoms with Crippen LogP contribution in [-0.2, 0) is 23.4 Å². The highest BCUT2D eigenvalue weighted by atomic mass is 16.2. The molecule has 0 radical (unpaired) electrons. The van der Waals surface area contributed by atoms with Crippen molar-refractivity contribution in [3.8, 4) is 0 Å². The first-order chi connectivity index (χ1) is 11.5. The number of aliphatic imine (C=N–C) groups is 1. The molecule has 2 unspecified atom stereocenters. The minimum absolute atomic E-state index is 0.0459. The molecule has 24 heavy (non-hydrogen) atoms. The van der Waals surface area contributed by atoms with Gasteiger partial charge in [0.1, 0.15) is 0 Å². The summed E-state index contributed by atoms with van der Waals surface area (Å²) < 4.78 is 0. The molecule has 3 aliphatic rings. The van der Waals surface area contributed by atoms with Crippen molar-refractivity contribution in [3.05, 3.63) is 29.1 Å². The number of aromatic nitrogens is 1. The summed E-state index contributed by atoms with van der Waals surface area (Å²) in [5.41, 5.74) is 20.3. The standard InChI is InChI=1S/C16H23N7O/c17-15-20-16(18,22-21-15)12-8-11-7-10(3-4-13(11)19-9-12)14(24)23-5-1-2-6-23/h8-10,22H,1-7,18H2,(H3,17,20,21). The molecule has 1 fully saturated rings. The molecule has 2 atom stereocenters. The summed E-state index contributed by atoms with van der Waals surface area (Å²) >= 11 is 0. The van der Waals surface area contributed by atoms with Crippen LogP contribution in [0.1, 0.15) is 36.1 Å². The van der Waals surface area contributed by atoms with Gasteiger partial charge >= 0.3 is 0 Å².